The van der Waals surface area contributed by atoms with Crippen molar-refractivity contribution < 1.29 is 9.53 Å². The molecule has 0 aromatic rings. The Morgan fingerprint density at radius 1 is 1.43 bits per heavy atom. The summed E-state index contributed by atoms with van der Waals surface area (Å²) in [5, 5.41) is 3.04. The van der Waals surface area contributed by atoms with Crippen molar-refractivity contribution in [3.05, 3.63) is 0 Å². The van der Waals surface area contributed by atoms with Crippen molar-refractivity contribution in [3.63, 3.8) is 0 Å². The predicted molar refractivity (Wildman–Crippen MR) is 55.1 cm³/mol. The third kappa shape index (κ3) is 3.27. The second-order valence-corrected chi connectivity index (χ2v) is 3.84. The number of rotatable bonds is 3. The molecule has 1 saturated heterocycles. The molecule has 4 nitrogen and oxygen atoms in total. The summed E-state index contributed by atoms with van der Waals surface area (Å²) >= 11 is 0. The molecule has 0 spiro atoms. The van der Waals surface area contributed by atoms with Crippen LogP contribution in [0.4, 0.5) is 0 Å². The highest BCUT2D eigenvalue weighted by Crippen LogP contribution is 2.10. The van der Waals surface area contributed by atoms with Crippen LogP contribution in [0.15, 0.2) is 0 Å². The number of amides is 1. The van der Waals surface area contributed by atoms with E-state index < -0.39 is 0 Å². The molecule has 0 bridgehead atoms. The monoisotopic (exact) mass is 200 g/mol. The zero-order valence-electron chi connectivity index (χ0n) is 9.25. The van der Waals surface area contributed by atoms with Gasteiger partial charge in [0.05, 0.1) is 18.8 Å². The molecule has 1 aliphatic rings. The van der Waals surface area contributed by atoms with E-state index in [1.54, 1.807) is 0 Å². The largest absolute Gasteiger partial charge is 0.372 e. The van der Waals surface area contributed by atoms with Crippen LogP contribution in [0.5, 0.6) is 0 Å². The molecule has 0 aromatic carbocycles. The lowest BCUT2D eigenvalue weighted by atomic mass is 10.2. The fraction of sp³-hybridized carbons (Fsp3) is 0.900. The molecule has 0 aromatic heterocycles. The first-order valence-electron chi connectivity index (χ1n) is 5.27. The van der Waals surface area contributed by atoms with E-state index in [0.717, 1.165) is 6.54 Å². The van der Waals surface area contributed by atoms with Crippen molar-refractivity contribution >= 4 is 5.91 Å². The Hall–Kier alpha value is -0.610. The van der Waals surface area contributed by atoms with Gasteiger partial charge in [0.25, 0.3) is 0 Å². The molecule has 1 N–H and O–H groups in total. The van der Waals surface area contributed by atoms with Gasteiger partial charge in [-0.1, -0.05) is 6.92 Å². The van der Waals surface area contributed by atoms with Crippen LogP contribution < -0.4 is 5.32 Å². The van der Waals surface area contributed by atoms with Crippen molar-refractivity contribution in [1.82, 2.24) is 10.2 Å². The highest BCUT2D eigenvalue weighted by Gasteiger charge is 2.25. The SMILES string of the molecule is CCNCC(=O)N1C[C@@H](C)O[C@@H](C)C1. The molecule has 1 fully saturated rings. The molecule has 82 valence electrons. The van der Waals surface area contributed by atoms with Crippen LogP contribution in [0.2, 0.25) is 0 Å². The maximum absolute atomic E-state index is 11.7. The van der Waals surface area contributed by atoms with Crippen LogP contribution in [-0.2, 0) is 9.53 Å². The maximum Gasteiger partial charge on any atom is 0.236 e. The number of hydrogen-bond acceptors (Lipinski definition) is 3. The van der Waals surface area contributed by atoms with E-state index in [4.69, 9.17) is 4.74 Å². The standard InChI is InChI=1S/C10H20N2O2/c1-4-11-5-10(13)12-6-8(2)14-9(3)7-12/h8-9,11H,4-7H2,1-3H3/t8-,9+. The molecule has 1 aliphatic heterocycles. The molecule has 0 radical (unpaired) electrons. The van der Waals surface area contributed by atoms with E-state index >= 15 is 0 Å². The van der Waals surface area contributed by atoms with Gasteiger partial charge in [-0.05, 0) is 20.4 Å². The van der Waals surface area contributed by atoms with Gasteiger partial charge in [0.1, 0.15) is 0 Å². The smallest absolute Gasteiger partial charge is 0.236 e. The van der Waals surface area contributed by atoms with Crippen molar-refractivity contribution in [2.45, 2.75) is 33.0 Å². The Morgan fingerprint density at radius 2 is 2.00 bits per heavy atom. The highest BCUT2D eigenvalue weighted by atomic mass is 16.5. The van der Waals surface area contributed by atoms with Gasteiger partial charge < -0.3 is 15.0 Å². The first kappa shape index (κ1) is 11.5. The summed E-state index contributed by atoms with van der Waals surface area (Å²) in [5.74, 6) is 0.175. The van der Waals surface area contributed by atoms with Gasteiger partial charge >= 0.3 is 0 Å². The van der Waals surface area contributed by atoms with E-state index in [2.05, 4.69) is 5.32 Å². The Kier molecular flexibility index (Phi) is 4.35. The minimum atomic E-state index is 0.157. The van der Waals surface area contributed by atoms with E-state index in [1.807, 2.05) is 25.7 Å². The quantitative estimate of drug-likeness (QED) is 0.709. The normalized spacial score (nSPS) is 27.8. The number of hydrogen-bond donors (Lipinski definition) is 1. The predicted octanol–water partition coefficient (Wildman–Crippen LogP) is 0.232. The van der Waals surface area contributed by atoms with Crippen molar-refractivity contribution in [3.8, 4) is 0 Å². The molecule has 1 heterocycles. The lowest BCUT2D eigenvalue weighted by Crippen LogP contribution is -2.50. The van der Waals surface area contributed by atoms with Crippen molar-refractivity contribution in [1.29, 1.82) is 0 Å². The van der Waals surface area contributed by atoms with Crippen LogP contribution in [0.3, 0.4) is 0 Å². The number of carbonyl (C=O) groups is 1. The van der Waals surface area contributed by atoms with Gasteiger partial charge in [0.2, 0.25) is 5.91 Å². The van der Waals surface area contributed by atoms with E-state index in [-0.39, 0.29) is 18.1 Å². The van der Waals surface area contributed by atoms with Crippen LogP contribution in [0.1, 0.15) is 20.8 Å². The number of nitrogens with zero attached hydrogens (tertiary/aromatic N) is 1. The summed E-state index contributed by atoms with van der Waals surface area (Å²) in [6.45, 7) is 8.71. The van der Waals surface area contributed by atoms with Gasteiger partial charge in [-0.2, -0.15) is 0 Å². The van der Waals surface area contributed by atoms with E-state index in [0.29, 0.717) is 19.6 Å². The fourth-order valence-corrected chi connectivity index (χ4v) is 1.73. The molecule has 4 heteroatoms. The highest BCUT2D eigenvalue weighted by molar-refractivity contribution is 5.78. The second-order valence-electron chi connectivity index (χ2n) is 3.84. The molecule has 0 unspecified atom stereocenters. The molecule has 1 rings (SSSR count). The second kappa shape index (κ2) is 5.32. The summed E-state index contributed by atoms with van der Waals surface area (Å²) in [6, 6.07) is 0. The number of likely N-dealkylation sites (N-methyl/N-ethyl adjacent to an activating group) is 1. The van der Waals surface area contributed by atoms with Gasteiger partial charge in [-0.15, -0.1) is 0 Å². The molecular formula is C10H20N2O2. The van der Waals surface area contributed by atoms with Gasteiger partial charge in [0, 0.05) is 13.1 Å². The van der Waals surface area contributed by atoms with Crippen molar-refractivity contribution in [2.75, 3.05) is 26.2 Å². The lowest BCUT2D eigenvalue weighted by Gasteiger charge is -2.35. The molecule has 2 atom stereocenters. The lowest BCUT2D eigenvalue weighted by molar-refractivity contribution is -0.142. The molecule has 1 amide bonds. The van der Waals surface area contributed by atoms with Crippen LogP contribution in [0.25, 0.3) is 0 Å². The molecule has 0 saturated carbocycles. The summed E-state index contributed by atoms with van der Waals surface area (Å²) < 4.78 is 5.56. The van der Waals surface area contributed by atoms with Crippen LogP contribution in [-0.4, -0.2) is 49.2 Å². The number of carbonyl (C=O) groups excluding carboxylic acids is 1. The average Bonchev–Trinajstić information content (AvgIpc) is 2.12. The van der Waals surface area contributed by atoms with E-state index in [9.17, 15) is 4.79 Å². The third-order valence-corrected chi connectivity index (χ3v) is 2.30. The Labute approximate surface area is 85.6 Å². The summed E-state index contributed by atoms with van der Waals surface area (Å²) in [5.41, 5.74) is 0. The molecular weight excluding hydrogens is 180 g/mol. The zero-order chi connectivity index (χ0) is 10.6. The Morgan fingerprint density at radius 3 is 2.50 bits per heavy atom. The van der Waals surface area contributed by atoms with Crippen molar-refractivity contribution in [2.24, 2.45) is 0 Å². The topological polar surface area (TPSA) is 41.6 Å². The fourth-order valence-electron chi connectivity index (χ4n) is 1.73. The van der Waals surface area contributed by atoms with Gasteiger partial charge in [-0.25, -0.2) is 0 Å². The Balaban J connectivity index is 2.38. The minimum Gasteiger partial charge on any atom is -0.372 e. The van der Waals surface area contributed by atoms with E-state index in [1.165, 1.54) is 0 Å². The first-order chi connectivity index (χ1) is 6.63. The molecule has 0 aliphatic carbocycles. The van der Waals surface area contributed by atoms with Crippen LogP contribution >= 0.6 is 0 Å². The molecule has 14 heavy (non-hydrogen) atoms. The zero-order valence-corrected chi connectivity index (χ0v) is 9.25. The summed E-state index contributed by atoms with van der Waals surface area (Å²) in [4.78, 5) is 13.5. The number of ether oxygens (including phenoxy) is 1. The Bertz CT molecular complexity index is 187. The average molecular weight is 200 g/mol. The maximum atomic E-state index is 11.7. The minimum absolute atomic E-state index is 0.157. The summed E-state index contributed by atoms with van der Waals surface area (Å²) in [7, 11) is 0. The first-order valence-corrected chi connectivity index (χ1v) is 5.27. The van der Waals surface area contributed by atoms with Crippen LogP contribution in [0, 0.1) is 0 Å². The summed E-state index contributed by atoms with van der Waals surface area (Å²) in [6.07, 6.45) is 0.314. The number of nitrogens with one attached hydrogen (secondary N) is 1. The number of morpholine rings is 1. The van der Waals surface area contributed by atoms with Gasteiger partial charge in [-0.3, -0.25) is 4.79 Å². The third-order valence-electron chi connectivity index (χ3n) is 2.30. The van der Waals surface area contributed by atoms with Gasteiger partial charge in [0.15, 0.2) is 0 Å².